The summed E-state index contributed by atoms with van der Waals surface area (Å²) in [6, 6.07) is 0. The predicted molar refractivity (Wildman–Crippen MR) is 67.5 cm³/mol. The van der Waals surface area contributed by atoms with E-state index in [1.165, 1.54) is 0 Å². The van der Waals surface area contributed by atoms with Gasteiger partial charge in [-0.25, -0.2) is 4.98 Å². The Kier molecular flexibility index (Phi) is 5.50. The molecule has 0 radical (unpaired) electrons. The third-order valence-corrected chi connectivity index (χ3v) is 2.20. The Bertz CT molecular complexity index is 325. The van der Waals surface area contributed by atoms with Gasteiger partial charge < -0.3 is 10.2 Å². The summed E-state index contributed by atoms with van der Waals surface area (Å²) >= 11 is 0. The molecule has 0 spiro atoms. The summed E-state index contributed by atoms with van der Waals surface area (Å²) in [5, 5.41) is 3.31. The van der Waals surface area contributed by atoms with E-state index in [0.717, 1.165) is 37.6 Å². The van der Waals surface area contributed by atoms with E-state index >= 15 is 0 Å². The molecule has 4 nitrogen and oxygen atoms in total. The van der Waals surface area contributed by atoms with Crippen molar-refractivity contribution < 1.29 is 0 Å². The van der Waals surface area contributed by atoms with E-state index in [2.05, 4.69) is 28.8 Å². The van der Waals surface area contributed by atoms with Gasteiger partial charge in [0, 0.05) is 26.3 Å². The molecular weight excluding hydrogens is 200 g/mol. The average Bonchev–Trinajstić information content (AvgIpc) is 2.30. The largest absolute Gasteiger partial charge is 0.355 e. The lowest BCUT2D eigenvalue weighted by Gasteiger charge is -2.15. The Labute approximate surface area is 97.4 Å². The first-order valence-corrected chi connectivity index (χ1v) is 5.61. The zero-order valence-corrected chi connectivity index (χ0v) is 10.1. The van der Waals surface area contributed by atoms with Gasteiger partial charge >= 0.3 is 0 Å². The molecule has 1 rings (SSSR count). The first kappa shape index (κ1) is 12.6. The number of rotatable bonds is 7. The molecule has 0 bridgehead atoms. The molecule has 1 aromatic rings. The van der Waals surface area contributed by atoms with Gasteiger partial charge in [0.05, 0.1) is 11.9 Å². The lowest BCUT2D eigenvalue weighted by atomic mass is 10.4. The van der Waals surface area contributed by atoms with E-state index in [4.69, 9.17) is 0 Å². The molecule has 1 N–H and O–H groups in total. The second kappa shape index (κ2) is 6.95. The maximum absolute atomic E-state index is 4.52. The van der Waals surface area contributed by atoms with Gasteiger partial charge in [-0.05, 0) is 13.0 Å². The van der Waals surface area contributed by atoms with Crippen molar-refractivity contribution in [1.29, 1.82) is 0 Å². The lowest BCUT2D eigenvalue weighted by Crippen LogP contribution is -2.20. The predicted octanol–water partition coefficient (Wildman–Crippen LogP) is 1.60. The highest BCUT2D eigenvalue weighted by molar-refractivity contribution is 5.35. The van der Waals surface area contributed by atoms with Crippen molar-refractivity contribution in [3.63, 3.8) is 0 Å². The number of likely N-dealkylation sites (N-methyl/N-ethyl adjacent to an activating group) is 1. The molecule has 0 unspecified atom stereocenters. The van der Waals surface area contributed by atoms with Crippen LogP contribution >= 0.6 is 0 Å². The number of anilines is 1. The molecule has 0 aliphatic rings. The first-order valence-electron chi connectivity index (χ1n) is 5.61. The van der Waals surface area contributed by atoms with Gasteiger partial charge in [0.15, 0.2) is 0 Å². The molecule has 0 saturated heterocycles. The fraction of sp³-hybridized carbons (Fsp3) is 0.500. The van der Waals surface area contributed by atoms with Crippen molar-refractivity contribution >= 4 is 5.82 Å². The molecule has 0 atom stereocenters. The molecule has 0 saturated carbocycles. The molecule has 16 heavy (non-hydrogen) atoms. The van der Waals surface area contributed by atoms with Gasteiger partial charge in [-0.3, -0.25) is 4.98 Å². The van der Waals surface area contributed by atoms with Gasteiger partial charge in [-0.1, -0.05) is 13.0 Å². The number of aromatic nitrogens is 2. The molecule has 0 fully saturated rings. The molecule has 0 amide bonds. The third kappa shape index (κ3) is 3.98. The summed E-state index contributed by atoms with van der Waals surface area (Å²) in [5.41, 5.74) is 0.974. The quantitative estimate of drug-likeness (QED) is 0.560. The molecule has 88 valence electrons. The second-order valence-electron chi connectivity index (χ2n) is 3.71. The van der Waals surface area contributed by atoms with Gasteiger partial charge in [0.25, 0.3) is 0 Å². The van der Waals surface area contributed by atoms with Gasteiger partial charge in [-0.15, -0.1) is 6.58 Å². The van der Waals surface area contributed by atoms with E-state index in [1.807, 2.05) is 18.0 Å². The first-order chi connectivity index (χ1) is 7.77. The van der Waals surface area contributed by atoms with Gasteiger partial charge in [0.1, 0.15) is 5.82 Å². The smallest absolute Gasteiger partial charge is 0.147 e. The molecule has 4 heteroatoms. The Morgan fingerprint density at radius 2 is 2.31 bits per heavy atom. The molecule has 1 aromatic heterocycles. The monoisotopic (exact) mass is 220 g/mol. The Morgan fingerprint density at radius 1 is 1.50 bits per heavy atom. The van der Waals surface area contributed by atoms with E-state index in [-0.39, 0.29) is 0 Å². The summed E-state index contributed by atoms with van der Waals surface area (Å²) in [6.45, 7) is 8.41. The lowest BCUT2D eigenvalue weighted by molar-refractivity contribution is 0.661. The van der Waals surface area contributed by atoms with Crippen LogP contribution in [0.15, 0.2) is 25.0 Å². The van der Waals surface area contributed by atoms with E-state index < -0.39 is 0 Å². The van der Waals surface area contributed by atoms with Crippen LogP contribution in [-0.4, -0.2) is 30.1 Å². The fourth-order valence-corrected chi connectivity index (χ4v) is 1.34. The third-order valence-electron chi connectivity index (χ3n) is 2.20. The van der Waals surface area contributed by atoms with Crippen LogP contribution in [0.4, 0.5) is 5.82 Å². The van der Waals surface area contributed by atoms with Gasteiger partial charge in [0.2, 0.25) is 0 Å². The van der Waals surface area contributed by atoms with Crippen LogP contribution < -0.4 is 10.2 Å². The van der Waals surface area contributed by atoms with Crippen molar-refractivity contribution in [2.45, 2.75) is 19.9 Å². The topological polar surface area (TPSA) is 41.1 Å². The zero-order valence-electron chi connectivity index (χ0n) is 10.1. The van der Waals surface area contributed by atoms with Crippen LogP contribution in [0.5, 0.6) is 0 Å². The van der Waals surface area contributed by atoms with Crippen LogP contribution in [0.2, 0.25) is 0 Å². The highest BCUT2D eigenvalue weighted by Gasteiger charge is 2.02. The summed E-state index contributed by atoms with van der Waals surface area (Å²) in [7, 11) is 1.98. The van der Waals surface area contributed by atoms with Crippen molar-refractivity contribution in [3.8, 4) is 0 Å². The fourth-order valence-electron chi connectivity index (χ4n) is 1.34. The van der Waals surface area contributed by atoms with Crippen molar-refractivity contribution in [3.05, 3.63) is 30.7 Å². The number of hydrogen-bond donors (Lipinski definition) is 1. The minimum atomic E-state index is 0.774. The van der Waals surface area contributed by atoms with Crippen molar-refractivity contribution in [2.75, 3.05) is 25.0 Å². The summed E-state index contributed by atoms with van der Waals surface area (Å²) in [6.07, 6.45) is 6.55. The average molecular weight is 220 g/mol. The van der Waals surface area contributed by atoms with Crippen LogP contribution in [0.1, 0.15) is 19.0 Å². The maximum Gasteiger partial charge on any atom is 0.147 e. The highest BCUT2D eigenvalue weighted by atomic mass is 15.2. The normalized spacial score (nSPS) is 10.1. The van der Waals surface area contributed by atoms with Crippen LogP contribution in [0, 0.1) is 0 Å². The van der Waals surface area contributed by atoms with Crippen LogP contribution in [-0.2, 0) is 6.54 Å². The number of hydrogen-bond acceptors (Lipinski definition) is 4. The molecule has 1 heterocycles. The van der Waals surface area contributed by atoms with Crippen molar-refractivity contribution in [2.24, 2.45) is 0 Å². The highest BCUT2D eigenvalue weighted by Crippen LogP contribution is 2.07. The maximum atomic E-state index is 4.52. The standard InChI is InChI=1S/C12H20N4/c1-4-6-13-8-11-9-14-10-12(15-11)16(3)7-5-2/h5,9-10,13H,2,4,6-8H2,1,3H3. The van der Waals surface area contributed by atoms with E-state index in [1.54, 1.807) is 12.4 Å². The van der Waals surface area contributed by atoms with Crippen LogP contribution in [0.3, 0.4) is 0 Å². The summed E-state index contributed by atoms with van der Waals surface area (Å²) < 4.78 is 0. The zero-order chi connectivity index (χ0) is 11.8. The van der Waals surface area contributed by atoms with Gasteiger partial charge in [-0.2, -0.15) is 0 Å². The molecule has 0 aliphatic heterocycles. The molecule has 0 aromatic carbocycles. The minimum Gasteiger partial charge on any atom is -0.355 e. The van der Waals surface area contributed by atoms with E-state index in [9.17, 15) is 0 Å². The minimum absolute atomic E-state index is 0.774. The van der Waals surface area contributed by atoms with Crippen molar-refractivity contribution in [1.82, 2.24) is 15.3 Å². The Morgan fingerprint density at radius 3 is 3.00 bits per heavy atom. The Balaban J connectivity index is 2.59. The number of nitrogens with zero attached hydrogens (tertiary/aromatic N) is 3. The Hall–Kier alpha value is -1.42. The van der Waals surface area contributed by atoms with E-state index in [0.29, 0.717) is 0 Å². The van der Waals surface area contributed by atoms with Crippen LogP contribution in [0.25, 0.3) is 0 Å². The SMILES string of the molecule is C=CCN(C)c1cncc(CNCCC)n1. The summed E-state index contributed by atoms with van der Waals surface area (Å²) in [4.78, 5) is 10.7. The molecular formula is C12H20N4. The second-order valence-corrected chi connectivity index (χ2v) is 3.71. The summed E-state index contributed by atoms with van der Waals surface area (Å²) in [5.74, 6) is 0.885. The molecule has 0 aliphatic carbocycles. The number of nitrogens with one attached hydrogen (secondary N) is 1.